The van der Waals surface area contributed by atoms with E-state index < -0.39 is 0 Å². The Morgan fingerprint density at radius 1 is 1.08 bits per heavy atom. The van der Waals surface area contributed by atoms with Gasteiger partial charge < -0.3 is 10.6 Å². The van der Waals surface area contributed by atoms with Crippen molar-refractivity contribution in [1.29, 1.82) is 0 Å². The molecule has 0 spiro atoms. The standard InChI is InChI=1S/C19H20N2O2S/c22-18(9-7-14-4-2-1-3-5-14)20-11-10-15-6-8-17-16(12-15)21-19(23)13-24-17/h1-6,8,12H,7,9-11,13H2,(H,20,22)(H,21,23). The third kappa shape index (κ3) is 4.61. The van der Waals surface area contributed by atoms with Crippen LogP contribution >= 0.6 is 11.8 Å². The van der Waals surface area contributed by atoms with Crippen LogP contribution in [0.1, 0.15) is 17.5 Å². The first-order valence-electron chi connectivity index (χ1n) is 8.07. The number of fused-ring (bicyclic) bond motifs is 1. The van der Waals surface area contributed by atoms with Crippen LogP contribution in [0, 0.1) is 0 Å². The van der Waals surface area contributed by atoms with E-state index in [1.165, 1.54) is 5.56 Å². The van der Waals surface area contributed by atoms with E-state index in [0.29, 0.717) is 18.7 Å². The van der Waals surface area contributed by atoms with Crippen molar-refractivity contribution in [3.63, 3.8) is 0 Å². The molecule has 0 aliphatic carbocycles. The minimum atomic E-state index is 0.0406. The lowest BCUT2D eigenvalue weighted by atomic mass is 10.1. The summed E-state index contributed by atoms with van der Waals surface area (Å²) in [6, 6.07) is 16.1. The van der Waals surface area contributed by atoms with E-state index in [4.69, 9.17) is 0 Å². The number of amides is 2. The Hall–Kier alpha value is -2.27. The summed E-state index contributed by atoms with van der Waals surface area (Å²) in [5, 5.41) is 5.85. The quantitative estimate of drug-likeness (QED) is 0.850. The number of carbonyl (C=O) groups excluding carboxylic acids is 2. The molecule has 5 heteroatoms. The van der Waals surface area contributed by atoms with Gasteiger partial charge in [0.25, 0.3) is 0 Å². The van der Waals surface area contributed by atoms with Gasteiger partial charge in [-0.15, -0.1) is 11.8 Å². The largest absolute Gasteiger partial charge is 0.356 e. The highest BCUT2D eigenvalue weighted by molar-refractivity contribution is 8.00. The van der Waals surface area contributed by atoms with Crippen LogP contribution in [-0.2, 0) is 22.4 Å². The average molecular weight is 340 g/mol. The second-order valence-corrected chi connectivity index (χ2v) is 6.77. The number of rotatable bonds is 6. The fourth-order valence-corrected chi connectivity index (χ4v) is 3.41. The summed E-state index contributed by atoms with van der Waals surface area (Å²) in [6.45, 7) is 0.605. The van der Waals surface area contributed by atoms with Gasteiger partial charge in [0.15, 0.2) is 0 Å². The fraction of sp³-hybridized carbons (Fsp3) is 0.263. The minimum absolute atomic E-state index is 0.0406. The predicted octanol–water partition coefficient (Wildman–Crippen LogP) is 3.02. The number of benzene rings is 2. The summed E-state index contributed by atoms with van der Waals surface area (Å²) in [5.41, 5.74) is 3.17. The van der Waals surface area contributed by atoms with Crippen LogP contribution in [-0.4, -0.2) is 24.1 Å². The number of hydrogen-bond acceptors (Lipinski definition) is 3. The van der Waals surface area contributed by atoms with Gasteiger partial charge in [0.1, 0.15) is 0 Å². The molecule has 0 fully saturated rings. The number of aryl methyl sites for hydroxylation is 1. The summed E-state index contributed by atoms with van der Waals surface area (Å²) in [6.07, 6.45) is 2.01. The topological polar surface area (TPSA) is 58.2 Å². The van der Waals surface area contributed by atoms with E-state index in [0.717, 1.165) is 29.0 Å². The van der Waals surface area contributed by atoms with Crippen molar-refractivity contribution in [2.45, 2.75) is 24.2 Å². The molecule has 0 bridgehead atoms. The van der Waals surface area contributed by atoms with Crippen molar-refractivity contribution in [2.24, 2.45) is 0 Å². The van der Waals surface area contributed by atoms with E-state index in [-0.39, 0.29) is 11.8 Å². The lowest BCUT2D eigenvalue weighted by Crippen LogP contribution is -2.26. The Labute approximate surface area is 146 Å². The van der Waals surface area contributed by atoms with Gasteiger partial charge in [-0.2, -0.15) is 0 Å². The maximum Gasteiger partial charge on any atom is 0.234 e. The summed E-state index contributed by atoms with van der Waals surface area (Å²) >= 11 is 1.56. The summed E-state index contributed by atoms with van der Waals surface area (Å²) in [7, 11) is 0. The molecule has 2 amide bonds. The van der Waals surface area contributed by atoms with Gasteiger partial charge in [-0.25, -0.2) is 0 Å². The molecule has 1 heterocycles. The lowest BCUT2D eigenvalue weighted by molar-refractivity contribution is -0.121. The Bertz CT molecular complexity index is 731. The van der Waals surface area contributed by atoms with Crippen molar-refractivity contribution in [1.82, 2.24) is 5.32 Å². The molecule has 0 unspecified atom stereocenters. The first kappa shape index (κ1) is 16.6. The molecule has 4 nitrogen and oxygen atoms in total. The number of carbonyl (C=O) groups is 2. The van der Waals surface area contributed by atoms with E-state index in [9.17, 15) is 9.59 Å². The van der Waals surface area contributed by atoms with E-state index in [2.05, 4.69) is 16.7 Å². The maximum absolute atomic E-state index is 11.9. The van der Waals surface area contributed by atoms with Gasteiger partial charge in [-0.3, -0.25) is 9.59 Å². The van der Waals surface area contributed by atoms with Gasteiger partial charge in [-0.1, -0.05) is 36.4 Å². The molecular weight excluding hydrogens is 320 g/mol. The summed E-state index contributed by atoms with van der Waals surface area (Å²) in [5.74, 6) is 0.587. The highest BCUT2D eigenvalue weighted by Gasteiger charge is 2.15. The van der Waals surface area contributed by atoms with E-state index >= 15 is 0 Å². The van der Waals surface area contributed by atoms with Gasteiger partial charge >= 0.3 is 0 Å². The van der Waals surface area contributed by atoms with Crippen molar-refractivity contribution in [3.05, 3.63) is 59.7 Å². The molecule has 3 rings (SSSR count). The SMILES string of the molecule is O=C(CCc1ccccc1)NCCc1ccc2c(c1)NC(=O)CS2. The fourth-order valence-electron chi connectivity index (χ4n) is 2.62. The van der Waals surface area contributed by atoms with Crippen molar-refractivity contribution < 1.29 is 9.59 Å². The zero-order chi connectivity index (χ0) is 16.8. The zero-order valence-electron chi connectivity index (χ0n) is 13.4. The number of thioether (sulfide) groups is 1. The van der Waals surface area contributed by atoms with Crippen LogP contribution in [0.25, 0.3) is 0 Å². The normalized spacial score (nSPS) is 13.1. The van der Waals surface area contributed by atoms with Crippen molar-refractivity contribution in [2.75, 3.05) is 17.6 Å². The second-order valence-electron chi connectivity index (χ2n) is 5.75. The average Bonchev–Trinajstić information content (AvgIpc) is 2.60. The zero-order valence-corrected chi connectivity index (χ0v) is 14.2. The molecule has 0 atom stereocenters. The Balaban J connectivity index is 1.44. The second kappa shape index (κ2) is 8.02. The molecule has 2 aromatic carbocycles. The summed E-state index contributed by atoms with van der Waals surface area (Å²) in [4.78, 5) is 24.5. The van der Waals surface area contributed by atoms with Crippen molar-refractivity contribution in [3.8, 4) is 0 Å². The third-order valence-corrected chi connectivity index (χ3v) is 4.97. The molecule has 1 aliphatic rings. The molecule has 0 saturated heterocycles. The molecule has 0 aromatic heterocycles. The van der Waals surface area contributed by atoms with Gasteiger partial charge in [-0.05, 0) is 36.1 Å². The van der Waals surface area contributed by atoms with Gasteiger partial charge in [0.2, 0.25) is 11.8 Å². The minimum Gasteiger partial charge on any atom is -0.356 e. The molecule has 1 aliphatic heterocycles. The molecule has 0 saturated carbocycles. The van der Waals surface area contributed by atoms with Crippen LogP contribution < -0.4 is 10.6 Å². The maximum atomic E-state index is 11.9. The van der Waals surface area contributed by atoms with Gasteiger partial charge in [0, 0.05) is 17.9 Å². The van der Waals surface area contributed by atoms with Crippen LogP contribution in [0.3, 0.4) is 0 Å². The molecule has 2 N–H and O–H groups in total. The van der Waals surface area contributed by atoms with E-state index in [1.807, 2.05) is 42.5 Å². The van der Waals surface area contributed by atoms with Crippen LogP contribution in [0.2, 0.25) is 0 Å². The molecular formula is C19H20N2O2S. The monoisotopic (exact) mass is 340 g/mol. The molecule has 124 valence electrons. The smallest absolute Gasteiger partial charge is 0.234 e. The van der Waals surface area contributed by atoms with Crippen LogP contribution in [0.15, 0.2) is 53.4 Å². The lowest BCUT2D eigenvalue weighted by Gasteiger charge is -2.17. The van der Waals surface area contributed by atoms with Crippen LogP contribution in [0.4, 0.5) is 5.69 Å². The highest BCUT2D eigenvalue weighted by Crippen LogP contribution is 2.31. The first-order valence-corrected chi connectivity index (χ1v) is 9.05. The van der Waals surface area contributed by atoms with Crippen molar-refractivity contribution >= 4 is 29.3 Å². The Morgan fingerprint density at radius 2 is 1.92 bits per heavy atom. The summed E-state index contributed by atoms with van der Waals surface area (Å²) < 4.78 is 0. The molecule has 2 aromatic rings. The van der Waals surface area contributed by atoms with Crippen LogP contribution in [0.5, 0.6) is 0 Å². The predicted molar refractivity (Wildman–Crippen MR) is 97.3 cm³/mol. The number of hydrogen-bond donors (Lipinski definition) is 2. The Kier molecular flexibility index (Phi) is 5.54. The van der Waals surface area contributed by atoms with E-state index in [1.54, 1.807) is 11.8 Å². The highest BCUT2D eigenvalue weighted by atomic mass is 32.2. The van der Waals surface area contributed by atoms with Gasteiger partial charge in [0.05, 0.1) is 11.4 Å². The number of anilines is 1. The first-order chi connectivity index (χ1) is 11.7. The Morgan fingerprint density at radius 3 is 2.75 bits per heavy atom. The molecule has 24 heavy (non-hydrogen) atoms. The third-order valence-electron chi connectivity index (χ3n) is 3.90. The molecule has 0 radical (unpaired) electrons. The number of nitrogens with one attached hydrogen (secondary N) is 2.